The van der Waals surface area contributed by atoms with Crippen molar-refractivity contribution in [1.82, 2.24) is 4.90 Å². The smallest absolute Gasteiger partial charge is 0.306 e. The van der Waals surface area contributed by atoms with E-state index in [2.05, 4.69) is 0 Å². The summed E-state index contributed by atoms with van der Waals surface area (Å²) < 4.78 is 0. The largest absolute Gasteiger partial charge is 0.481 e. The average molecular weight is 241 g/mol. The lowest BCUT2D eigenvalue weighted by Crippen LogP contribution is -2.40. The maximum Gasteiger partial charge on any atom is 0.306 e. The summed E-state index contributed by atoms with van der Waals surface area (Å²) in [6.07, 6.45) is 3.60. The molecule has 0 heterocycles. The van der Waals surface area contributed by atoms with E-state index in [0.29, 0.717) is 25.2 Å². The fraction of sp³-hybridized carbons (Fsp3) is 0.846. The number of aliphatic carboxylic acids is 1. The van der Waals surface area contributed by atoms with Crippen molar-refractivity contribution in [3.05, 3.63) is 0 Å². The van der Waals surface area contributed by atoms with Crippen molar-refractivity contribution < 1.29 is 14.7 Å². The molecule has 0 unspecified atom stereocenters. The van der Waals surface area contributed by atoms with E-state index in [1.54, 1.807) is 0 Å². The molecule has 0 aromatic carbocycles. The molecule has 1 rings (SSSR count). The first-order valence-electron chi connectivity index (χ1n) is 6.40. The van der Waals surface area contributed by atoms with Crippen LogP contribution in [0.1, 0.15) is 46.0 Å². The van der Waals surface area contributed by atoms with Crippen LogP contribution in [0.2, 0.25) is 0 Å². The van der Waals surface area contributed by atoms with Gasteiger partial charge in [0.15, 0.2) is 0 Å². The quantitative estimate of drug-likeness (QED) is 0.820. The molecule has 1 aliphatic carbocycles. The van der Waals surface area contributed by atoms with E-state index in [9.17, 15) is 9.59 Å². The molecule has 0 aromatic heterocycles. The fourth-order valence-electron chi connectivity index (χ4n) is 2.41. The molecule has 98 valence electrons. The van der Waals surface area contributed by atoms with Crippen LogP contribution in [0.25, 0.3) is 0 Å². The van der Waals surface area contributed by atoms with E-state index in [1.165, 1.54) is 0 Å². The molecule has 0 aliphatic heterocycles. The molecule has 0 spiro atoms. The highest BCUT2D eigenvalue weighted by molar-refractivity contribution is 5.76. The minimum absolute atomic E-state index is 0.179. The van der Waals surface area contributed by atoms with Crippen LogP contribution >= 0.6 is 0 Å². The van der Waals surface area contributed by atoms with E-state index in [-0.39, 0.29) is 17.9 Å². The third kappa shape index (κ3) is 4.02. The van der Waals surface area contributed by atoms with Gasteiger partial charge >= 0.3 is 5.97 Å². The third-order valence-electron chi connectivity index (χ3n) is 3.57. The maximum absolute atomic E-state index is 11.9. The van der Waals surface area contributed by atoms with Gasteiger partial charge in [-0.1, -0.05) is 13.8 Å². The second kappa shape index (κ2) is 6.03. The number of amides is 1. The Hall–Kier alpha value is -1.06. The number of carbonyl (C=O) groups excluding carboxylic acids is 1. The summed E-state index contributed by atoms with van der Waals surface area (Å²) >= 11 is 0. The Balaban J connectivity index is 2.42. The van der Waals surface area contributed by atoms with Gasteiger partial charge in [0.05, 0.1) is 5.92 Å². The molecule has 0 saturated heterocycles. The Morgan fingerprint density at radius 1 is 1.24 bits per heavy atom. The molecular weight excluding hydrogens is 218 g/mol. The van der Waals surface area contributed by atoms with E-state index < -0.39 is 5.97 Å². The van der Waals surface area contributed by atoms with Crippen LogP contribution in [0.15, 0.2) is 0 Å². The standard InChI is InChI=1S/C13H23NO3/c1-9(2)8-12(15)14(3)11-6-4-10(5-7-11)13(16)17/h9-11H,4-8H2,1-3H3,(H,16,17). The van der Waals surface area contributed by atoms with Gasteiger partial charge in [-0.05, 0) is 31.6 Å². The number of carboxylic acids is 1. The monoisotopic (exact) mass is 241 g/mol. The fourth-order valence-corrected chi connectivity index (χ4v) is 2.41. The van der Waals surface area contributed by atoms with Crippen molar-refractivity contribution >= 4 is 11.9 Å². The minimum atomic E-state index is -0.695. The third-order valence-corrected chi connectivity index (χ3v) is 3.57. The summed E-state index contributed by atoms with van der Waals surface area (Å²) in [5.41, 5.74) is 0. The Morgan fingerprint density at radius 3 is 2.18 bits per heavy atom. The van der Waals surface area contributed by atoms with Crippen LogP contribution in [0.5, 0.6) is 0 Å². The summed E-state index contributed by atoms with van der Waals surface area (Å²) in [5.74, 6) is -0.349. The van der Waals surface area contributed by atoms with Crippen LogP contribution in [-0.2, 0) is 9.59 Å². The number of nitrogens with zero attached hydrogens (tertiary/aromatic N) is 1. The van der Waals surface area contributed by atoms with E-state index in [1.807, 2.05) is 25.8 Å². The molecule has 17 heavy (non-hydrogen) atoms. The summed E-state index contributed by atoms with van der Waals surface area (Å²) in [7, 11) is 1.84. The Morgan fingerprint density at radius 2 is 1.76 bits per heavy atom. The SMILES string of the molecule is CC(C)CC(=O)N(C)C1CCC(C(=O)O)CC1. The van der Waals surface area contributed by atoms with E-state index in [0.717, 1.165) is 12.8 Å². The molecule has 1 fully saturated rings. The van der Waals surface area contributed by atoms with Crippen LogP contribution in [0, 0.1) is 11.8 Å². The number of hydrogen-bond donors (Lipinski definition) is 1. The van der Waals surface area contributed by atoms with Gasteiger partial charge in [0, 0.05) is 19.5 Å². The highest BCUT2D eigenvalue weighted by Gasteiger charge is 2.29. The zero-order chi connectivity index (χ0) is 13.0. The minimum Gasteiger partial charge on any atom is -0.481 e. The van der Waals surface area contributed by atoms with Gasteiger partial charge in [0.2, 0.25) is 5.91 Å². The highest BCUT2D eigenvalue weighted by atomic mass is 16.4. The van der Waals surface area contributed by atoms with Gasteiger partial charge in [0.25, 0.3) is 0 Å². The summed E-state index contributed by atoms with van der Waals surface area (Å²) in [5, 5.41) is 8.91. The highest BCUT2D eigenvalue weighted by Crippen LogP contribution is 2.27. The van der Waals surface area contributed by atoms with E-state index in [4.69, 9.17) is 5.11 Å². The molecular formula is C13H23NO3. The summed E-state index contributed by atoms with van der Waals surface area (Å²) in [6, 6.07) is 0.233. The van der Waals surface area contributed by atoms with Gasteiger partial charge in [-0.15, -0.1) is 0 Å². The first-order chi connectivity index (χ1) is 7.91. The summed E-state index contributed by atoms with van der Waals surface area (Å²) in [4.78, 5) is 24.5. The molecule has 4 nitrogen and oxygen atoms in total. The van der Waals surface area contributed by atoms with Gasteiger partial charge in [-0.25, -0.2) is 0 Å². The zero-order valence-corrected chi connectivity index (χ0v) is 11.0. The Labute approximate surface area is 103 Å². The van der Waals surface area contributed by atoms with Crippen molar-refractivity contribution in [1.29, 1.82) is 0 Å². The number of carbonyl (C=O) groups is 2. The molecule has 1 N–H and O–H groups in total. The molecule has 1 amide bonds. The maximum atomic E-state index is 11.9. The average Bonchev–Trinajstić information content (AvgIpc) is 2.27. The Bertz CT molecular complexity index is 280. The predicted octanol–water partition coefficient (Wildman–Crippen LogP) is 2.13. The second-order valence-electron chi connectivity index (χ2n) is 5.45. The van der Waals surface area contributed by atoms with Gasteiger partial charge < -0.3 is 10.0 Å². The lowest BCUT2D eigenvalue weighted by atomic mass is 9.85. The molecule has 0 aromatic rings. The van der Waals surface area contributed by atoms with E-state index >= 15 is 0 Å². The summed E-state index contributed by atoms with van der Waals surface area (Å²) in [6.45, 7) is 4.07. The number of rotatable bonds is 4. The Kier molecular flexibility index (Phi) is 4.97. The normalized spacial score (nSPS) is 24.7. The molecule has 0 bridgehead atoms. The lowest BCUT2D eigenvalue weighted by molar-refractivity contribution is -0.143. The van der Waals surface area contributed by atoms with Crippen molar-refractivity contribution in [3.63, 3.8) is 0 Å². The number of carboxylic acid groups (broad SMARTS) is 1. The molecule has 1 saturated carbocycles. The van der Waals surface area contributed by atoms with Gasteiger partial charge in [-0.3, -0.25) is 9.59 Å². The van der Waals surface area contributed by atoms with Crippen molar-refractivity contribution in [2.45, 2.75) is 52.0 Å². The van der Waals surface area contributed by atoms with Gasteiger partial charge in [-0.2, -0.15) is 0 Å². The second-order valence-corrected chi connectivity index (χ2v) is 5.45. The molecule has 0 radical (unpaired) electrons. The lowest BCUT2D eigenvalue weighted by Gasteiger charge is -2.33. The molecule has 0 atom stereocenters. The van der Waals surface area contributed by atoms with Crippen molar-refractivity contribution in [2.24, 2.45) is 11.8 Å². The topological polar surface area (TPSA) is 57.6 Å². The zero-order valence-electron chi connectivity index (χ0n) is 11.0. The predicted molar refractivity (Wildman–Crippen MR) is 65.6 cm³/mol. The van der Waals surface area contributed by atoms with Crippen LogP contribution in [-0.4, -0.2) is 35.0 Å². The first kappa shape index (κ1) is 14.0. The molecule has 1 aliphatic rings. The van der Waals surface area contributed by atoms with Gasteiger partial charge in [0.1, 0.15) is 0 Å². The van der Waals surface area contributed by atoms with Crippen molar-refractivity contribution in [3.8, 4) is 0 Å². The number of hydrogen-bond acceptors (Lipinski definition) is 2. The van der Waals surface area contributed by atoms with Crippen molar-refractivity contribution in [2.75, 3.05) is 7.05 Å². The van der Waals surface area contributed by atoms with Crippen LogP contribution < -0.4 is 0 Å². The van der Waals surface area contributed by atoms with Crippen LogP contribution in [0.4, 0.5) is 0 Å². The first-order valence-corrected chi connectivity index (χ1v) is 6.40. The van der Waals surface area contributed by atoms with Crippen LogP contribution in [0.3, 0.4) is 0 Å². The molecule has 4 heteroatoms.